The Balaban J connectivity index is 1.46. The Hall–Kier alpha value is -1.66. The molecule has 4 rings (SSSR count). The van der Waals surface area contributed by atoms with Crippen molar-refractivity contribution in [1.29, 1.82) is 0 Å². The zero-order chi connectivity index (χ0) is 16.7. The third-order valence-corrected chi connectivity index (χ3v) is 5.95. The molecule has 2 aliphatic rings. The summed E-state index contributed by atoms with van der Waals surface area (Å²) in [6, 6.07) is 4.39. The Morgan fingerprint density at radius 2 is 2.04 bits per heavy atom. The Morgan fingerprint density at radius 3 is 2.75 bits per heavy atom. The number of fused-ring (bicyclic) bond motifs is 1. The highest BCUT2D eigenvalue weighted by Gasteiger charge is 2.30. The largest absolute Gasteiger partial charge is 0.368 e. The van der Waals surface area contributed by atoms with Crippen LogP contribution in [0.15, 0.2) is 12.1 Å². The van der Waals surface area contributed by atoms with Crippen molar-refractivity contribution in [2.75, 3.05) is 37.7 Å². The molecule has 1 atom stereocenters. The SMILES string of the molecule is Cc1cc(C)c2nc(N3CCN(C(=O)C4CCCO4)CC3)sc2c1. The van der Waals surface area contributed by atoms with Crippen LogP contribution in [0.1, 0.15) is 24.0 Å². The molecule has 1 aromatic carbocycles. The third-order valence-electron chi connectivity index (χ3n) is 4.89. The fourth-order valence-corrected chi connectivity index (χ4v) is 4.78. The van der Waals surface area contributed by atoms with Crippen LogP contribution >= 0.6 is 11.3 Å². The van der Waals surface area contributed by atoms with Crippen LogP contribution in [0, 0.1) is 13.8 Å². The summed E-state index contributed by atoms with van der Waals surface area (Å²) in [6.45, 7) is 8.17. The average Bonchev–Trinajstić information content (AvgIpc) is 3.24. The minimum atomic E-state index is -0.204. The number of benzene rings is 1. The van der Waals surface area contributed by atoms with Crippen molar-refractivity contribution in [2.45, 2.75) is 32.8 Å². The second-order valence-electron chi connectivity index (χ2n) is 6.74. The van der Waals surface area contributed by atoms with Crippen LogP contribution in [0.3, 0.4) is 0 Å². The summed E-state index contributed by atoms with van der Waals surface area (Å²) in [5.74, 6) is 0.169. The van der Waals surface area contributed by atoms with Crippen LogP contribution in [0.2, 0.25) is 0 Å². The lowest BCUT2D eigenvalue weighted by Crippen LogP contribution is -2.51. The van der Waals surface area contributed by atoms with Gasteiger partial charge in [0.1, 0.15) is 6.10 Å². The molecule has 2 saturated heterocycles. The highest BCUT2D eigenvalue weighted by atomic mass is 32.1. The highest BCUT2D eigenvalue weighted by molar-refractivity contribution is 7.22. The fourth-order valence-electron chi connectivity index (χ4n) is 3.59. The lowest BCUT2D eigenvalue weighted by atomic mass is 10.1. The topological polar surface area (TPSA) is 45.7 Å². The molecule has 1 amide bonds. The van der Waals surface area contributed by atoms with E-state index in [2.05, 4.69) is 30.9 Å². The van der Waals surface area contributed by atoms with Gasteiger partial charge in [-0.1, -0.05) is 17.4 Å². The first-order valence-corrected chi connectivity index (χ1v) is 9.46. The van der Waals surface area contributed by atoms with Crippen LogP contribution < -0.4 is 4.90 Å². The van der Waals surface area contributed by atoms with Gasteiger partial charge in [0.15, 0.2) is 5.13 Å². The van der Waals surface area contributed by atoms with Gasteiger partial charge >= 0.3 is 0 Å². The number of ether oxygens (including phenoxy) is 1. The number of aromatic nitrogens is 1. The summed E-state index contributed by atoms with van der Waals surface area (Å²) in [7, 11) is 0. The predicted molar refractivity (Wildman–Crippen MR) is 96.9 cm³/mol. The van der Waals surface area contributed by atoms with Gasteiger partial charge in [-0.3, -0.25) is 4.79 Å². The molecule has 3 heterocycles. The monoisotopic (exact) mass is 345 g/mol. The highest BCUT2D eigenvalue weighted by Crippen LogP contribution is 2.32. The lowest BCUT2D eigenvalue weighted by molar-refractivity contribution is -0.141. The van der Waals surface area contributed by atoms with Gasteiger partial charge in [-0.05, 0) is 43.9 Å². The molecule has 128 valence electrons. The van der Waals surface area contributed by atoms with Crippen molar-refractivity contribution in [2.24, 2.45) is 0 Å². The first-order valence-electron chi connectivity index (χ1n) is 8.65. The number of anilines is 1. The molecule has 2 aromatic rings. The zero-order valence-electron chi connectivity index (χ0n) is 14.2. The van der Waals surface area contributed by atoms with Gasteiger partial charge in [-0.2, -0.15) is 0 Å². The average molecular weight is 345 g/mol. The maximum absolute atomic E-state index is 12.4. The number of rotatable bonds is 2. The summed E-state index contributed by atoms with van der Waals surface area (Å²) < 4.78 is 6.78. The molecule has 6 heteroatoms. The number of nitrogens with zero attached hydrogens (tertiary/aromatic N) is 3. The van der Waals surface area contributed by atoms with E-state index in [-0.39, 0.29) is 12.0 Å². The van der Waals surface area contributed by atoms with Crippen LogP contribution in [0.5, 0.6) is 0 Å². The Kier molecular flexibility index (Phi) is 4.18. The Bertz CT molecular complexity index is 759. The molecule has 1 aromatic heterocycles. The van der Waals surface area contributed by atoms with Crippen LogP contribution in [-0.4, -0.2) is 54.7 Å². The molecule has 0 bridgehead atoms. The Morgan fingerprint density at radius 1 is 1.25 bits per heavy atom. The van der Waals surface area contributed by atoms with E-state index in [4.69, 9.17) is 9.72 Å². The van der Waals surface area contributed by atoms with Gasteiger partial charge in [0.2, 0.25) is 0 Å². The van der Waals surface area contributed by atoms with E-state index >= 15 is 0 Å². The summed E-state index contributed by atoms with van der Waals surface area (Å²) in [4.78, 5) is 21.5. The van der Waals surface area contributed by atoms with Crippen LogP contribution in [-0.2, 0) is 9.53 Å². The smallest absolute Gasteiger partial charge is 0.251 e. The number of hydrogen-bond acceptors (Lipinski definition) is 5. The molecule has 2 fully saturated rings. The van der Waals surface area contributed by atoms with E-state index < -0.39 is 0 Å². The number of aryl methyl sites for hydroxylation is 2. The van der Waals surface area contributed by atoms with Gasteiger partial charge in [-0.25, -0.2) is 4.98 Å². The second-order valence-corrected chi connectivity index (χ2v) is 7.75. The summed E-state index contributed by atoms with van der Waals surface area (Å²) in [6.07, 6.45) is 1.67. The number of amides is 1. The maximum Gasteiger partial charge on any atom is 0.251 e. The third kappa shape index (κ3) is 2.89. The van der Waals surface area contributed by atoms with Gasteiger partial charge in [0, 0.05) is 32.8 Å². The first kappa shape index (κ1) is 15.8. The normalized spacial score (nSPS) is 21.7. The van der Waals surface area contributed by atoms with Crippen molar-refractivity contribution in [3.63, 3.8) is 0 Å². The van der Waals surface area contributed by atoms with Gasteiger partial charge in [-0.15, -0.1) is 0 Å². The van der Waals surface area contributed by atoms with E-state index in [0.717, 1.165) is 56.3 Å². The van der Waals surface area contributed by atoms with Crippen molar-refractivity contribution >= 4 is 32.6 Å². The standard InChI is InChI=1S/C18H23N3O2S/c1-12-10-13(2)16-15(11-12)24-18(19-16)21-7-5-20(6-8-21)17(22)14-4-3-9-23-14/h10-11,14H,3-9H2,1-2H3. The zero-order valence-corrected chi connectivity index (χ0v) is 15.1. The van der Waals surface area contributed by atoms with Crippen LogP contribution in [0.25, 0.3) is 10.2 Å². The molecule has 0 aliphatic carbocycles. The summed E-state index contributed by atoms with van der Waals surface area (Å²) in [5.41, 5.74) is 3.63. The number of hydrogen-bond donors (Lipinski definition) is 0. The predicted octanol–water partition coefficient (Wildman–Crippen LogP) is 2.74. The molecule has 0 N–H and O–H groups in total. The molecule has 24 heavy (non-hydrogen) atoms. The molecule has 0 radical (unpaired) electrons. The van der Waals surface area contributed by atoms with Crippen molar-refractivity contribution in [3.8, 4) is 0 Å². The van der Waals surface area contributed by atoms with E-state index in [1.54, 1.807) is 11.3 Å². The summed E-state index contributed by atoms with van der Waals surface area (Å²) in [5, 5.41) is 1.07. The lowest BCUT2D eigenvalue weighted by Gasteiger charge is -2.35. The molecule has 2 aliphatic heterocycles. The van der Waals surface area contributed by atoms with Gasteiger partial charge in [0.25, 0.3) is 5.91 Å². The van der Waals surface area contributed by atoms with Gasteiger partial charge in [0.05, 0.1) is 10.2 Å². The van der Waals surface area contributed by atoms with E-state index in [0.29, 0.717) is 0 Å². The minimum absolute atomic E-state index is 0.169. The number of carbonyl (C=O) groups is 1. The number of thiazole rings is 1. The van der Waals surface area contributed by atoms with Crippen molar-refractivity contribution in [1.82, 2.24) is 9.88 Å². The molecule has 0 saturated carbocycles. The number of piperazine rings is 1. The minimum Gasteiger partial charge on any atom is -0.368 e. The quantitative estimate of drug-likeness (QED) is 0.840. The summed E-state index contributed by atoms with van der Waals surface area (Å²) >= 11 is 1.75. The van der Waals surface area contributed by atoms with Crippen molar-refractivity contribution in [3.05, 3.63) is 23.3 Å². The van der Waals surface area contributed by atoms with Gasteiger partial charge < -0.3 is 14.5 Å². The van der Waals surface area contributed by atoms with Crippen LogP contribution in [0.4, 0.5) is 5.13 Å². The molecular formula is C18H23N3O2S. The molecule has 5 nitrogen and oxygen atoms in total. The molecule has 0 spiro atoms. The van der Waals surface area contributed by atoms with E-state index in [1.807, 2.05) is 4.90 Å². The van der Waals surface area contributed by atoms with E-state index in [9.17, 15) is 4.79 Å². The van der Waals surface area contributed by atoms with Crippen molar-refractivity contribution < 1.29 is 9.53 Å². The van der Waals surface area contributed by atoms with E-state index in [1.165, 1.54) is 15.8 Å². The Labute approximate surface area is 146 Å². The first-order chi connectivity index (χ1) is 11.6. The molecule has 1 unspecified atom stereocenters. The molecular weight excluding hydrogens is 322 g/mol. The fraction of sp³-hybridized carbons (Fsp3) is 0.556. The second kappa shape index (κ2) is 6.33. The number of carbonyl (C=O) groups excluding carboxylic acids is 1. The maximum atomic E-state index is 12.4.